The van der Waals surface area contributed by atoms with Crippen LogP contribution in [0.5, 0.6) is 0 Å². The zero-order chi connectivity index (χ0) is 14.7. The number of likely N-dealkylation sites (tertiary alicyclic amines) is 1. The van der Waals surface area contributed by atoms with Crippen molar-refractivity contribution >= 4 is 5.91 Å². The minimum absolute atomic E-state index is 0.105. The molecule has 2 atom stereocenters. The number of hydrogen-bond acceptors (Lipinski definition) is 3. The Morgan fingerprint density at radius 1 is 1.24 bits per heavy atom. The molecule has 3 fully saturated rings. The Balaban J connectivity index is 1.58. The maximum atomic E-state index is 12.6. The van der Waals surface area contributed by atoms with Crippen molar-refractivity contribution in [3.63, 3.8) is 0 Å². The summed E-state index contributed by atoms with van der Waals surface area (Å²) in [6.45, 7) is 1.69. The number of carbonyl (C=O) groups excluding carboxylic acids is 1. The fourth-order valence-electron chi connectivity index (χ4n) is 4.34. The number of carbonyl (C=O) groups is 1. The van der Waals surface area contributed by atoms with Gasteiger partial charge >= 0.3 is 0 Å². The van der Waals surface area contributed by atoms with E-state index in [-0.39, 0.29) is 17.6 Å². The van der Waals surface area contributed by atoms with Crippen LogP contribution in [0.3, 0.4) is 0 Å². The Labute approximate surface area is 127 Å². The van der Waals surface area contributed by atoms with E-state index in [1.165, 1.54) is 12.8 Å². The lowest BCUT2D eigenvalue weighted by atomic mass is 9.89. The first-order chi connectivity index (χ1) is 10.2. The van der Waals surface area contributed by atoms with Gasteiger partial charge in [0.2, 0.25) is 5.91 Å². The molecule has 3 rings (SSSR count). The lowest BCUT2D eigenvalue weighted by Gasteiger charge is -2.41. The van der Waals surface area contributed by atoms with Crippen molar-refractivity contribution < 1.29 is 9.53 Å². The van der Waals surface area contributed by atoms with Crippen LogP contribution in [0.4, 0.5) is 0 Å². The first-order valence-electron chi connectivity index (χ1n) is 8.56. The summed E-state index contributed by atoms with van der Waals surface area (Å²) >= 11 is 0. The maximum absolute atomic E-state index is 12.6. The Bertz CT molecular complexity index is 425. The lowest BCUT2D eigenvalue weighted by Crippen LogP contribution is -2.51. The highest BCUT2D eigenvalue weighted by Crippen LogP contribution is 2.40. The molecule has 3 aliphatic rings. The van der Waals surface area contributed by atoms with Gasteiger partial charge < -0.3 is 9.64 Å². The van der Waals surface area contributed by atoms with E-state index in [1.807, 2.05) is 0 Å². The number of amides is 1. The van der Waals surface area contributed by atoms with E-state index >= 15 is 0 Å². The van der Waals surface area contributed by atoms with E-state index < -0.39 is 0 Å². The number of nitriles is 1. The topological polar surface area (TPSA) is 53.3 Å². The van der Waals surface area contributed by atoms with Crippen LogP contribution in [0.2, 0.25) is 0 Å². The summed E-state index contributed by atoms with van der Waals surface area (Å²) < 4.78 is 6.29. The summed E-state index contributed by atoms with van der Waals surface area (Å²) in [5, 5.41) is 8.71. The van der Waals surface area contributed by atoms with Crippen LogP contribution in [0.25, 0.3) is 0 Å². The largest absolute Gasteiger partial charge is 0.370 e. The van der Waals surface area contributed by atoms with Crippen LogP contribution >= 0.6 is 0 Å². The van der Waals surface area contributed by atoms with Crippen LogP contribution in [-0.4, -0.2) is 35.6 Å². The zero-order valence-electron chi connectivity index (χ0n) is 12.9. The molecule has 0 aromatic heterocycles. The average Bonchev–Trinajstić information content (AvgIpc) is 3.15. The van der Waals surface area contributed by atoms with Gasteiger partial charge in [0.25, 0.3) is 0 Å². The highest BCUT2D eigenvalue weighted by molar-refractivity contribution is 5.79. The monoisotopic (exact) mass is 290 g/mol. The molecule has 2 saturated heterocycles. The third-order valence-corrected chi connectivity index (χ3v) is 5.47. The first-order valence-corrected chi connectivity index (χ1v) is 8.56. The van der Waals surface area contributed by atoms with Gasteiger partial charge in [-0.3, -0.25) is 4.79 Å². The van der Waals surface area contributed by atoms with E-state index in [0.29, 0.717) is 12.3 Å². The molecule has 2 heterocycles. The minimum atomic E-state index is -0.105. The normalized spacial score (nSPS) is 33.5. The van der Waals surface area contributed by atoms with Gasteiger partial charge in [0, 0.05) is 25.4 Å². The molecular formula is C17H26N2O2. The van der Waals surface area contributed by atoms with Crippen LogP contribution < -0.4 is 0 Å². The summed E-state index contributed by atoms with van der Waals surface area (Å²) in [7, 11) is 0. The second-order valence-corrected chi connectivity index (χ2v) is 7.00. The second kappa shape index (κ2) is 6.36. The molecule has 0 aromatic carbocycles. The van der Waals surface area contributed by atoms with Crippen molar-refractivity contribution in [2.75, 3.05) is 13.1 Å². The zero-order valence-corrected chi connectivity index (χ0v) is 12.9. The van der Waals surface area contributed by atoms with Gasteiger partial charge in [0.1, 0.15) is 0 Å². The highest BCUT2D eigenvalue weighted by Gasteiger charge is 2.44. The van der Waals surface area contributed by atoms with Crippen molar-refractivity contribution in [2.24, 2.45) is 5.92 Å². The minimum Gasteiger partial charge on any atom is -0.370 e. The third-order valence-electron chi connectivity index (χ3n) is 5.47. The molecule has 1 amide bonds. The number of hydrogen-bond donors (Lipinski definition) is 0. The number of rotatable bonds is 3. The van der Waals surface area contributed by atoms with Crippen molar-refractivity contribution in [2.45, 2.75) is 75.9 Å². The van der Waals surface area contributed by atoms with Crippen molar-refractivity contribution in [3.8, 4) is 6.07 Å². The van der Waals surface area contributed by atoms with Crippen LogP contribution in [-0.2, 0) is 9.53 Å². The number of piperidine rings is 1. The predicted molar refractivity (Wildman–Crippen MR) is 79.5 cm³/mol. The van der Waals surface area contributed by atoms with E-state index in [9.17, 15) is 4.79 Å². The summed E-state index contributed by atoms with van der Waals surface area (Å²) in [5.41, 5.74) is -0.105. The van der Waals surface area contributed by atoms with Gasteiger partial charge in [-0.25, -0.2) is 0 Å². The SMILES string of the molecule is N#CCC[C@H]1CC[C@]2(CCCN(C(=O)C3CCCC3)C2)O1. The van der Waals surface area contributed by atoms with Crippen LogP contribution in [0.1, 0.15) is 64.2 Å². The molecule has 1 saturated carbocycles. The molecule has 2 aliphatic heterocycles. The summed E-state index contributed by atoms with van der Waals surface area (Å²) in [6, 6.07) is 2.21. The van der Waals surface area contributed by atoms with Crippen molar-refractivity contribution in [1.29, 1.82) is 5.26 Å². The molecule has 0 bridgehead atoms. The molecule has 0 radical (unpaired) electrons. The van der Waals surface area contributed by atoms with Gasteiger partial charge in [-0.15, -0.1) is 0 Å². The lowest BCUT2D eigenvalue weighted by molar-refractivity contribution is -0.146. The number of ether oxygens (including phenoxy) is 1. The van der Waals surface area contributed by atoms with Gasteiger partial charge in [0.05, 0.1) is 17.8 Å². The smallest absolute Gasteiger partial charge is 0.225 e. The maximum Gasteiger partial charge on any atom is 0.225 e. The van der Waals surface area contributed by atoms with Gasteiger partial charge in [-0.1, -0.05) is 12.8 Å². The van der Waals surface area contributed by atoms with Crippen molar-refractivity contribution in [1.82, 2.24) is 4.90 Å². The molecule has 0 unspecified atom stereocenters. The standard InChI is InChI=1S/C17H26N2O2/c18-11-3-7-15-8-10-17(21-15)9-4-12-19(13-17)16(20)14-5-1-2-6-14/h14-15H,1-10,12-13H2/t15-,17-/m0/s1. The Kier molecular flexibility index (Phi) is 4.49. The van der Waals surface area contributed by atoms with E-state index in [0.717, 1.165) is 58.0 Å². The summed E-state index contributed by atoms with van der Waals surface area (Å²) in [6.07, 6.45) is 10.5. The number of nitrogens with zero attached hydrogens (tertiary/aromatic N) is 2. The fraction of sp³-hybridized carbons (Fsp3) is 0.882. The van der Waals surface area contributed by atoms with E-state index in [2.05, 4.69) is 11.0 Å². The Morgan fingerprint density at radius 2 is 2.05 bits per heavy atom. The second-order valence-electron chi connectivity index (χ2n) is 7.00. The summed E-state index contributed by atoms with van der Waals surface area (Å²) in [5.74, 6) is 0.645. The molecule has 0 aromatic rings. The van der Waals surface area contributed by atoms with E-state index in [4.69, 9.17) is 10.00 Å². The molecule has 116 valence electrons. The van der Waals surface area contributed by atoms with Crippen molar-refractivity contribution in [3.05, 3.63) is 0 Å². The molecular weight excluding hydrogens is 264 g/mol. The molecule has 0 N–H and O–H groups in total. The molecule has 1 aliphatic carbocycles. The van der Waals surface area contributed by atoms with Gasteiger partial charge in [0.15, 0.2) is 0 Å². The Hall–Kier alpha value is -1.08. The van der Waals surface area contributed by atoms with Gasteiger partial charge in [-0.2, -0.15) is 5.26 Å². The molecule has 21 heavy (non-hydrogen) atoms. The average molecular weight is 290 g/mol. The van der Waals surface area contributed by atoms with Crippen LogP contribution in [0, 0.1) is 17.2 Å². The third kappa shape index (κ3) is 3.23. The summed E-state index contributed by atoms with van der Waals surface area (Å²) in [4.78, 5) is 14.7. The van der Waals surface area contributed by atoms with E-state index in [1.54, 1.807) is 0 Å². The molecule has 4 heteroatoms. The fourth-order valence-corrected chi connectivity index (χ4v) is 4.34. The Morgan fingerprint density at radius 3 is 2.81 bits per heavy atom. The molecule has 1 spiro atoms. The quantitative estimate of drug-likeness (QED) is 0.803. The van der Waals surface area contributed by atoms with Gasteiger partial charge in [-0.05, 0) is 44.9 Å². The van der Waals surface area contributed by atoms with Crippen LogP contribution in [0.15, 0.2) is 0 Å². The first kappa shape index (κ1) is 14.8. The predicted octanol–water partition coefficient (Wildman–Crippen LogP) is 3.02. The highest BCUT2D eigenvalue weighted by atomic mass is 16.5. The molecule has 4 nitrogen and oxygen atoms in total.